The van der Waals surface area contributed by atoms with E-state index < -0.39 is 42.7 Å². The second-order valence-electron chi connectivity index (χ2n) is 9.48. The van der Waals surface area contributed by atoms with Crippen LogP contribution >= 0.6 is 0 Å². The van der Waals surface area contributed by atoms with Gasteiger partial charge in [-0.2, -0.15) is 5.26 Å². The van der Waals surface area contributed by atoms with Gasteiger partial charge in [0.25, 0.3) is 15.7 Å². The van der Waals surface area contributed by atoms with E-state index in [-0.39, 0.29) is 23.1 Å². The van der Waals surface area contributed by atoms with Gasteiger partial charge in [0, 0.05) is 53.6 Å². The number of nitriles is 1. The number of benzene rings is 4. The molecule has 0 saturated carbocycles. The third-order valence-electron chi connectivity index (χ3n) is 6.87. The number of hydrogen-bond donors (Lipinski definition) is 2. The quantitative estimate of drug-likeness (QED) is 0.190. The van der Waals surface area contributed by atoms with Crippen LogP contribution < -0.4 is 14.8 Å². The molecule has 1 amide bonds. The van der Waals surface area contributed by atoms with Gasteiger partial charge in [0.1, 0.15) is 22.5 Å². The van der Waals surface area contributed by atoms with Gasteiger partial charge in [-0.05, 0) is 36.4 Å². The molecule has 2 N–H and O–H groups in total. The SMILES string of the molecule is CC(=O)Nc1ccc2c(c1)Oc1cc(NS(=O)(=O)c3ccc([N+](=O)[O-])cc3C#N)ccc1C21OC(=O)c2ccccc21. The van der Waals surface area contributed by atoms with E-state index in [4.69, 9.17) is 9.47 Å². The van der Waals surface area contributed by atoms with Crippen LogP contribution in [0.5, 0.6) is 11.5 Å². The average molecular weight is 583 g/mol. The molecule has 6 rings (SSSR count). The van der Waals surface area contributed by atoms with Crippen molar-refractivity contribution >= 4 is 39.0 Å². The Morgan fingerprint density at radius 1 is 0.952 bits per heavy atom. The summed E-state index contributed by atoms with van der Waals surface area (Å²) in [6, 6.07) is 20.7. The summed E-state index contributed by atoms with van der Waals surface area (Å²) in [5, 5.41) is 23.2. The van der Waals surface area contributed by atoms with Crippen molar-refractivity contribution in [2.45, 2.75) is 17.4 Å². The number of non-ortho nitro benzene ring substituents is 1. The third-order valence-corrected chi connectivity index (χ3v) is 8.31. The number of hydrogen-bond acceptors (Lipinski definition) is 9. The molecule has 208 valence electrons. The van der Waals surface area contributed by atoms with Crippen molar-refractivity contribution in [1.29, 1.82) is 5.26 Å². The molecule has 42 heavy (non-hydrogen) atoms. The van der Waals surface area contributed by atoms with E-state index in [0.29, 0.717) is 27.9 Å². The van der Waals surface area contributed by atoms with E-state index in [9.17, 15) is 33.4 Å². The Morgan fingerprint density at radius 2 is 1.62 bits per heavy atom. The Hall–Kier alpha value is -5.74. The molecule has 1 unspecified atom stereocenters. The topological polar surface area (TPSA) is 178 Å². The van der Waals surface area contributed by atoms with Crippen molar-refractivity contribution in [3.8, 4) is 17.6 Å². The number of carbonyl (C=O) groups is 2. The first kappa shape index (κ1) is 26.5. The highest BCUT2D eigenvalue weighted by Gasteiger charge is 2.53. The van der Waals surface area contributed by atoms with Crippen molar-refractivity contribution < 1.29 is 32.4 Å². The first-order valence-corrected chi connectivity index (χ1v) is 13.8. The molecular weight excluding hydrogens is 564 g/mol. The van der Waals surface area contributed by atoms with Crippen LogP contribution in [-0.4, -0.2) is 25.2 Å². The fraction of sp³-hybridized carbons (Fsp3) is 0.0690. The Bertz CT molecular complexity index is 2020. The Labute approximate surface area is 238 Å². The van der Waals surface area contributed by atoms with Gasteiger partial charge in [-0.1, -0.05) is 18.2 Å². The highest BCUT2D eigenvalue weighted by Crippen LogP contribution is 2.56. The number of ether oxygens (including phenoxy) is 2. The zero-order valence-corrected chi connectivity index (χ0v) is 22.4. The number of amides is 1. The van der Waals surface area contributed by atoms with Gasteiger partial charge in [0.15, 0.2) is 5.60 Å². The van der Waals surface area contributed by atoms with Crippen LogP contribution in [0.4, 0.5) is 17.1 Å². The summed E-state index contributed by atoms with van der Waals surface area (Å²) >= 11 is 0. The van der Waals surface area contributed by atoms with E-state index in [2.05, 4.69) is 10.0 Å². The summed E-state index contributed by atoms with van der Waals surface area (Å²) in [5.41, 5.74) is 0.0638. The number of fused-ring (bicyclic) bond motifs is 6. The van der Waals surface area contributed by atoms with Gasteiger partial charge < -0.3 is 14.8 Å². The van der Waals surface area contributed by atoms with E-state index in [1.54, 1.807) is 54.6 Å². The summed E-state index contributed by atoms with van der Waals surface area (Å²) in [5.74, 6) is -0.433. The molecule has 0 aromatic heterocycles. The Balaban J connectivity index is 1.47. The maximum Gasteiger partial charge on any atom is 0.340 e. The molecule has 0 aliphatic carbocycles. The summed E-state index contributed by atoms with van der Waals surface area (Å²) < 4.78 is 41.1. The van der Waals surface area contributed by atoms with Crippen molar-refractivity contribution in [3.05, 3.63) is 117 Å². The summed E-state index contributed by atoms with van der Waals surface area (Å²) in [7, 11) is -4.37. The molecular formula is C29H18N4O8S. The van der Waals surface area contributed by atoms with Crippen LogP contribution in [0.1, 0.15) is 39.5 Å². The molecule has 0 radical (unpaired) electrons. The van der Waals surface area contributed by atoms with Crippen LogP contribution in [-0.2, 0) is 25.2 Å². The molecule has 4 aromatic rings. The average Bonchev–Trinajstić information content (AvgIpc) is 3.24. The second kappa shape index (κ2) is 9.43. The third kappa shape index (κ3) is 4.09. The standard InChI is InChI=1S/C29H18N4O8S/c1-16(34)31-18-6-9-23-25(13-18)40-26-14-19(32-42(38,39)27-11-8-20(33(36)37)12-17(27)15-30)7-10-24(26)29(23)22-5-3-2-4-21(22)28(35)41-29/h2-14,32H,1H3,(H,31,34). The monoisotopic (exact) mass is 582 g/mol. The van der Waals surface area contributed by atoms with Gasteiger partial charge in [0.05, 0.1) is 21.7 Å². The number of nitro benzene ring substituents is 1. The van der Waals surface area contributed by atoms with Crippen molar-refractivity contribution in [1.82, 2.24) is 0 Å². The van der Waals surface area contributed by atoms with E-state index in [1.165, 1.54) is 19.1 Å². The number of rotatable bonds is 5. The number of sulfonamides is 1. The van der Waals surface area contributed by atoms with Gasteiger partial charge in [-0.15, -0.1) is 0 Å². The molecule has 2 aliphatic heterocycles. The molecule has 0 bridgehead atoms. The maximum atomic E-state index is 13.3. The second-order valence-corrected chi connectivity index (χ2v) is 11.1. The number of nitrogens with one attached hydrogen (secondary N) is 2. The zero-order valence-electron chi connectivity index (χ0n) is 21.6. The summed E-state index contributed by atoms with van der Waals surface area (Å²) in [6.07, 6.45) is 0. The van der Waals surface area contributed by atoms with E-state index >= 15 is 0 Å². The Kier molecular flexibility index (Phi) is 5.94. The summed E-state index contributed by atoms with van der Waals surface area (Å²) in [4.78, 5) is 34.6. The lowest BCUT2D eigenvalue weighted by atomic mass is 9.77. The molecule has 2 aliphatic rings. The number of carbonyl (C=O) groups excluding carboxylic acids is 2. The molecule has 12 nitrogen and oxygen atoms in total. The minimum Gasteiger partial charge on any atom is -0.456 e. The van der Waals surface area contributed by atoms with Crippen LogP contribution in [0.25, 0.3) is 0 Å². The largest absolute Gasteiger partial charge is 0.456 e. The lowest BCUT2D eigenvalue weighted by Gasteiger charge is -2.36. The Morgan fingerprint density at radius 3 is 2.29 bits per heavy atom. The molecule has 0 fully saturated rings. The summed E-state index contributed by atoms with van der Waals surface area (Å²) in [6.45, 7) is 1.35. The molecule has 2 heterocycles. The lowest BCUT2D eigenvalue weighted by molar-refractivity contribution is -0.384. The molecule has 4 aromatic carbocycles. The van der Waals surface area contributed by atoms with E-state index in [1.807, 2.05) is 0 Å². The fourth-order valence-electron chi connectivity index (χ4n) is 5.18. The first-order valence-electron chi connectivity index (χ1n) is 12.3. The minimum atomic E-state index is -4.37. The first-order chi connectivity index (χ1) is 20.0. The van der Waals surface area contributed by atoms with Crippen LogP contribution in [0, 0.1) is 21.4 Å². The predicted octanol–water partition coefficient (Wildman–Crippen LogP) is 4.79. The normalized spacial score (nSPS) is 16.2. The number of esters is 1. The highest BCUT2D eigenvalue weighted by molar-refractivity contribution is 7.92. The zero-order chi connectivity index (χ0) is 29.8. The predicted molar refractivity (Wildman–Crippen MR) is 148 cm³/mol. The lowest BCUT2D eigenvalue weighted by Crippen LogP contribution is -2.33. The number of nitro groups is 1. The maximum absolute atomic E-state index is 13.3. The molecule has 0 saturated heterocycles. The van der Waals surface area contributed by atoms with Gasteiger partial charge >= 0.3 is 5.97 Å². The number of nitrogens with zero attached hydrogens (tertiary/aromatic N) is 2. The fourth-order valence-corrected chi connectivity index (χ4v) is 6.37. The molecule has 1 spiro atoms. The molecule has 13 heteroatoms. The van der Waals surface area contributed by atoms with Gasteiger partial charge in [0.2, 0.25) is 5.91 Å². The van der Waals surface area contributed by atoms with Crippen molar-refractivity contribution in [2.24, 2.45) is 0 Å². The minimum absolute atomic E-state index is 0.0465. The smallest absolute Gasteiger partial charge is 0.340 e. The van der Waals surface area contributed by atoms with Crippen LogP contribution in [0.15, 0.2) is 83.8 Å². The van der Waals surface area contributed by atoms with Gasteiger partial charge in [-0.25, -0.2) is 13.2 Å². The molecule has 1 atom stereocenters. The van der Waals surface area contributed by atoms with Crippen molar-refractivity contribution in [2.75, 3.05) is 10.0 Å². The van der Waals surface area contributed by atoms with Crippen molar-refractivity contribution in [3.63, 3.8) is 0 Å². The van der Waals surface area contributed by atoms with Crippen LogP contribution in [0.3, 0.4) is 0 Å². The van der Waals surface area contributed by atoms with Crippen LogP contribution in [0.2, 0.25) is 0 Å². The number of anilines is 2. The van der Waals surface area contributed by atoms with E-state index in [0.717, 1.165) is 18.2 Å². The van der Waals surface area contributed by atoms with Gasteiger partial charge in [-0.3, -0.25) is 19.6 Å². The highest BCUT2D eigenvalue weighted by atomic mass is 32.2.